The lowest BCUT2D eigenvalue weighted by atomic mass is 10.0. The number of carbonyl (C=O) groups is 2. The topological polar surface area (TPSA) is 94.8 Å². The van der Waals surface area contributed by atoms with Crippen LogP contribution in [0.4, 0.5) is 0 Å². The molecule has 1 aromatic heterocycles. The minimum Gasteiger partial charge on any atom is -0.494 e. The van der Waals surface area contributed by atoms with E-state index in [0.717, 1.165) is 21.6 Å². The Morgan fingerprint density at radius 2 is 1.63 bits per heavy atom. The van der Waals surface area contributed by atoms with Crippen LogP contribution in [0.5, 0.6) is 11.5 Å². The maximum Gasteiger partial charge on any atom is 0.347 e. The molecule has 4 aromatic rings. The molecule has 0 saturated heterocycles. The van der Waals surface area contributed by atoms with Gasteiger partial charge in [0.1, 0.15) is 11.5 Å². The third-order valence-corrected chi connectivity index (χ3v) is 6.41. The lowest BCUT2D eigenvalue weighted by Crippen LogP contribution is -2.37. The number of carboxylic acid groups (broad SMARTS) is 1. The summed E-state index contributed by atoms with van der Waals surface area (Å²) in [7, 11) is 0. The van der Waals surface area contributed by atoms with Gasteiger partial charge in [0.05, 0.1) is 16.8 Å². The maximum atomic E-state index is 12.7. The van der Waals surface area contributed by atoms with Gasteiger partial charge in [-0.3, -0.25) is 14.2 Å². The molecule has 7 nitrogen and oxygen atoms in total. The number of ether oxygens (including phenoxy) is 2. The van der Waals surface area contributed by atoms with Crippen LogP contribution in [-0.4, -0.2) is 33.6 Å². The van der Waals surface area contributed by atoms with Crippen LogP contribution in [0.15, 0.2) is 77.6 Å². The third-order valence-electron chi connectivity index (χ3n) is 5.47. The second-order valence-corrected chi connectivity index (χ2v) is 9.48. The van der Waals surface area contributed by atoms with Crippen molar-refractivity contribution < 1.29 is 24.2 Å². The maximum absolute atomic E-state index is 12.7. The fourth-order valence-corrected chi connectivity index (χ4v) is 4.49. The zero-order valence-electron chi connectivity index (χ0n) is 19.4. The van der Waals surface area contributed by atoms with Gasteiger partial charge in [0, 0.05) is 17.7 Å². The number of fused-ring (bicyclic) bond motifs is 1. The van der Waals surface area contributed by atoms with Crippen LogP contribution < -0.4 is 14.3 Å². The monoisotopic (exact) mass is 491 g/mol. The van der Waals surface area contributed by atoms with Crippen LogP contribution in [0, 0.1) is 0 Å². The van der Waals surface area contributed by atoms with Crippen LogP contribution in [0.25, 0.3) is 10.2 Å². The zero-order chi connectivity index (χ0) is 25.0. The predicted octanol–water partition coefficient (Wildman–Crippen LogP) is 5.01. The predicted molar refractivity (Wildman–Crippen MR) is 135 cm³/mol. The molecule has 3 aromatic carbocycles. The highest BCUT2D eigenvalue weighted by molar-refractivity contribution is 7.16. The van der Waals surface area contributed by atoms with Gasteiger partial charge in [-0.15, -0.1) is 0 Å². The summed E-state index contributed by atoms with van der Waals surface area (Å²) in [6.07, 6.45) is 0.612. The van der Waals surface area contributed by atoms with Gasteiger partial charge < -0.3 is 14.6 Å². The van der Waals surface area contributed by atoms with Crippen molar-refractivity contribution >= 4 is 33.3 Å². The number of aryl methyl sites for hydroxylation is 1. The van der Waals surface area contributed by atoms with Crippen molar-refractivity contribution in [2.45, 2.75) is 32.4 Å². The Kier molecular flexibility index (Phi) is 7.02. The standard InChI is InChI=1S/C27H25NO6S/c1-27(2,25(30)31)34-21-12-10-20(11-13-21)33-16-6-15-28-22-14-9-19(17-23(22)35-26(28)32)24(29)18-7-4-3-5-8-18/h3-5,7-14,17H,6,15-16H2,1-2H3,(H,30,31). The summed E-state index contributed by atoms with van der Waals surface area (Å²) >= 11 is 1.13. The van der Waals surface area contributed by atoms with Gasteiger partial charge in [-0.2, -0.15) is 0 Å². The van der Waals surface area contributed by atoms with E-state index >= 15 is 0 Å². The van der Waals surface area contributed by atoms with E-state index in [1.165, 1.54) is 13.8 Å². The zero-order valence-corrected chi connectivity index (χ0v) is 20.2. The Bertz CT molecular complexity index is 1400. The smallest absolute Gasteiger partial charge is 0.347 e. The van der Waals surface area contributed by atoms with E-state index in [-0.39, 0.29) is 10.7 Å². The molecule has 0 bridgehead atoms. The first kappa shape index (κ1) is 24.2. The number of hydrogen-bond donors (Lipinski definition) is 1. The lowest BCUT2D eigenvalue weighted by Gasteiger charge is -2.21. The van der Waals surface area contributed by atoms with Crippen LogP contribution in [0.3, 0.4) is 0 Å². The normalized spacial score (nSPS) is 11.4. The fourth-order valence-electron chi connectivity index (χ4n) is 3.53. The molecule has 8 heteroatoms. The molecule has 0 amide bonds. The number of carbonyl (C=O) groups excluding carboxylic acids is 1. The van der Waals surface area contributed by atoms with E-state index < -0.39 is 11.6 Å². The van der Waals surface area contributed by atoms with E-state index in [4.69, 9.17) is 14.6 Å². The first-order valence-electron chi connectivity index (χ1n) is 11.1. The first-order chi connectivity index (χ1) is 16.7. The van der Waals surface area contributed by atoms with Gasteiger partial charge >= 0.3 is 10.8 Å². The van der Waals surface area contributed by atoms with Gasteiger partial charge in [-0.1, -0.05) is 41.7 Å². The number of benzene rings is 3. The van der Waals surface area contributed by atoms with Crippen molar-refractivity contribution in [1.29, 1.82) is 0 Å². The molecule has 0 saturated carbocycles. The van der Waals surface area contributed by atoms with E-state index in [2.05, 4.69) is 0 Å². The summed E-state index contributed by atoms with van der Waals surface area (Å²) in [4.78, 5) is 36.4. The number of aliphatic carboxylic acids is 1. The number of hydrogen-bond acceptors (Lipinski definition) is 6. The average Bonchev–Trinajstić information content (AvgIpc) is 3.16. The van der Waals surface area contributed by atoms with Crippen molar-refractivity contribution in [3.05, 3.63) is 93.6 Å². The molecule has 1 N–H and O–H groups in total. The fraction of sp³-hybridized carbons (Fsp3) is 0.222. The molecule has 4 rings (SSSR count). The average molecular weight is 492 g/mol. The van der Waals surface area contributed by atoms with Gasteiger partial charge in [0.15, 0.2) is 11.4 Å². The molecule has 0 aliphatic rings. The Morgan fingerprint density at radius 1 is 0.943 bits per heavy atom. The minimum atomic E-state index is -1.32. The number of thiazole rings is 1. The van der Waals surface area contributed by atoms with Crippen LogP contribution in [0.2, 0.25) is 0 Å². The van der Waals surface area contributed by atoms with Gasteiger partial charge in [-0.25, -0.2) is 4.79 Å². The third kappa shape index (κ3) is 5.60. The second kappa shape index (κ2) is 10.1. The number of nitrogens with zero attached hydrogens (tertiary/aromatic N) is 1. The minimum absolute atomic E-state index is 0.0729. The largest absolute Gasteiger partial charge is 0.494 e. The number of rotatable bonds is 10. The molecule has 0 aliphatic heterocycles. The second-order valence-electron chi connectivity index (χ2n) is 8.49. The molecule has 0 fully saturated rings. The Balaban J connectivity index is 1.36. The quantitative estimate of drug-likeness (QED) is 0.248. The molecule has 0 unspecified atom stereocenters. The summed E-state index contributed by atoms with van der Waals surface area (Å²) in [5.41, 5.74) is 0.641. The molecule has 180 valence electrons. The Hall–Kier alpha value is -3.91. The molecule has 0 aliphatic carbocycles. The number of carboxylic acids is 1. The van der Waals surface area contributed by atoms with Crippen LogP contribution in [-0.2, 0) is 11.3 Å². The van der Waals surface area contributed by atoms with Gasteiger partial charge in [0.2, 0.25) is 0 Å². The van der Waals surface area contributed by atoms with Crippen LogP contribution in [0.1, 0.15) is 36.2 Å². The summed E-state index contributed by atoms with van der Waals surface area (Å²) in [6.45, 7) is 3.85. The number of aromatic nitrogens is 1. The van der Waals surface area contributed by atoms with Crippen molar-refractivity contribution in [2.75, 3.05) is 6.61 Å². The molecule has 0 atom stereocenters. The van der Waals surface area contributed by atoms with Crippen molar-refractivity contribution in [3.63, 3.8) is 0 Å². The summed E-state index contributed by atoms with van der Waals surface area (Å²) in [5, 5.41) is 9.16. The van der Waals surface area contributed by atoms with Gasteiger partial charge in [-0.05, 0) is 62.7 Å². The number of ketones is 1. The summed E-state index contributed by atoms with van der Waals surface area (Å²) < 4.78 is 13.7. The Morgan fingerprint density at radius 3 is 2.31 bits per heavy atom. The highest BCUT2D eigenvalue weighted by Gasteiger charge is 2.29. The van der Waals surface area contributed by atoms with Gasteiger partial charge in [0.25, 0.3) is 0 Å². The highest BCUT2D eigenvalue weighted by atomic mass is 32.1. The Labute approximate surface area is 206 Å². The summed E-state index contributed by atoms with van der Waals surface area (Å²) in [6, 6.07) is 21.2. The first-order valence-corrected chi connectivity index (χ1v) is 11.9. The highest BCUT2D eigenvalue weighted by Crippen LogP contribution is 2.23. The molecular weight excluding hydrogens is 466 g/mol. The van der Waals surface area contributed by atoms with Crippen molar-refractivity contribution in [3.8, 4) is 11.5 Å². The molecule has 1 heterocycles. The van der Waals surface area contributed by atoms with Crippen molar-refractivity contribution in [2.24, 2.45) is 0 Å². The molecule has 0 radical (unpaired) electrons. The summed E-state index contributed by atoms with van der Waals surface area (Å²) in [5.74, 6) is -0.0625. The van der Waals surface area contributed by atoms with E-state index in [1.54, 1.807) is 53.1 Å². The van der Waals surface area contributed by atoms with E-state index in [9.17, 15) is 14.4 Å². The van der Waals surface area contributed by atoms with E-state index in [0.29, 0.717) is 42.2 Å². The molecular formula is C27H25NO6S. The molecule has 0 spiro atoms. The van der Waals surface area contributed by atoms with Crippen molar-refractivity contribution in [1.82, 2.24) is 4.57 Å². The van der Waals surface area contributed by atoms with Crippen LogP contribution >= 0.6 is 11.3 Å². The lowest BCUT2D eigenvalue weighted by molar-refractivity contribution is -0.152. The van der Waals surface area contributed by atoms with E-state index in [1.807, 2.05) is 24.3 Å². The molecule has 35 heavy (non-hydrogen) atoms. The SMILES string of the molecule is CC(C)(Oc1ccc(OCCCn2c(=O)sc3cc(C(=O)c4ccccc4)ccc32)cc1)C(=O)O.